The topological polar surface area (TPSA) is 43.4 Å². The van der Waals surface area contributed by atoms with E-state index in [4.69, 9.17) is 4.18 Å². The molecule has 0 fully saturated rings. The van der Waals surface area contributed by atoms with Crippen LogP contribution >= 0.6 is 0 Å². The van der Waals surface area contributed by atoms with Crippen molar-refractivity contribution in [3.63, 3.8) is 0 Å². The molecule has 0 aliphatic rings. The third-order valence-corrected chi connectivity index (χ3v) is 5.63. The Labute approximate surface area is 168 Å². The predicted octanol–water partition coefficient (Wildman–Crippen LogP) is 4.77. The fourth-order valence-electron chi connectivity index (χ4n) is 2.88. The SMILES string of the molecule is CCCCCCCCCCOS(=O)(=O)c1cccc2ccccc12.[MgH2]. The van der Waals surface area contributed by atoms with Crippen LogP contribution in [-0.2, 0) is 14.3 Å². The van der Waals surface area contributed by atoms with Gasteiger partial charge in [-0.25, -0.2) is 0 Å². The highest BCUT2D eigenvalue weighted by molar-refractivity contribution is 7.87. The fourth-order valence-corrected chi connectivity index (χ4v) is 4.05. The summed E-state index contributed by atoms with van der Waals surface area (Å²) >= 11 is 0. The molecule has 2 rings (SSSR count). The maximum atomic E-state index is 12.4. The minimum Gasteiger partial charge on any atom is -0.266 e. The number of fused-ring (bicyclic) bond motifs is 1. The maximum absolute atomic E-state index is 12.4. The first kappa shape index (κ1) is 22.4. The molecule has 0 amide bonds. The minimum atomic E-state index is -3.69. The van der Waals surface area contributed by atoms with Gasteiger partial charge in [-0.15, -0.1) is 0 Å². The Morgan fingerprint density at radius 3 is 2.12 bits per heavy atom. The highest BCUT2D eigenvalue weighted by Crippen LogP contribution is 2.24. The van der Waals surface area contributed by atoms with Gasteiger partial charge in [0.1, 0.15) is 4.90 Å². The zero-order valence-corrected chi connectivity index (χ0v) is 15.4. The van der Waals surface area contributed by atoms with Crippen LogP contribution in [0.3, 0.4) is 0 Å². The van der Waals surface area contributed by atoms with E-state index in [9.17, 15) is 8.42 Å². The quantitative estimate of drug-likeness (QED) is 0.323. The molecule has 0 bridgehead atoms. The zero-order valence-electron chi connectivity index (χ0n) is 14.5. The molecule has 0 saturated carbocycles. The summed E-state index contributed by atoms with van der Waals surface area (Å²) in [5.74, 6) is 0. The number of hydrogen-bond acceptors (Lipinski definition) is 3. The van der Waals surface area contributed by atoms with Gasteiger partial charge in [0.05, 0.1) is 6.61 Å². The second kappa shape index (κ2) is 11.9. The van der Waals surface area contributed by atoms with E-state index in [0.29, 0.717) is 0 Å². The van der Waals surface area contributed by atoms with Gasteiger partial charge in [0, 0.05) is 5.39 Å². The fraction of sp³-hybridized carbons (Fsp3) is 0.500. The van der Waals surface area contributed by atoms with Gasteiger partial charge in [-0.05, 0) is 17.9 Å². The second-order valence-electron chi connectivity index (χ2n) is 6.23. The van der Waals surface area contributed by atoms with Gasteiger partial charge >= 0.3 is 23.1 Å². The third-order valence-electron chi connectivity index (χ3n) is 4.26. The van der Waals surface area contributed by atoms with Crippen molar-refractivity contribution in [1.29, 1.82) is 0 Å². The van der Waals surface area contributed by atoms with E-state index >= 15 is 0 Å². The van der Waals surface area contributed by atoms with Crippen LogP contribution in [0.1, 0.15) is 58.3 Å². The van der Waals surface area contributed by atoms with Crippen LogP contribution in [0.4, 0.5) is 0 Å². The molecular formula is C20H30MgO3S. The molecule has 2 aromatic carbocycles. The molecule has 3 nitrogen and oxygen atoms in total. The van der Waals surface area contributed by atoms with Crippen molar-refractivity contribution in [1.82, 2.24) is 0 Å². The van der Waals surface area contributed by atoms with Crippen molar-refractivity contribution in [2.45, 2.75) is 63.2 Å². The van der Waals surface area contributed by atoms with Crippen LogP contribution < -0.4 is 0 Å². The van der Waals surface area contributed by atoms with Gasteiger partial charge in [0.2, 0.25) is 0 Å². The maximum Gasteiger partial charge on any atom is 0.316 e. The average Bonchev–Trinajstić information content (AvgIpc) is 2.59. The lowest BCUT2D eigenvalue weighted by Crippen LogP contribution is -2.08. The predicted molar refractivity (Wildman–Crippen MR) is 108 cm³/mol. The van der Waals surface area contributed by atoms with Crippen LogP contribution in [0.25, 0.3) is 10.8 Å². The van der Waals surface area contributed by atoms with Crippen LogP contribution in [0, 0.1) is 0 Å². The Bertz CT molecular complexity index is 723. The molecule has 0 N–H and O–H groups in total. The molecule has 25 heavy (non-hydrogen) atoms. The number of rotatable bonds is 11. The van der Waals surface area contributed by atoms with E-state index in [1.807, 2.05) is 30.3 Å². The van der Waals surface area contributed by atoms with Crippen molar-refractivity contribution in [2.24, 2.45) is 0 Å². The first-order chi connectivity index (χ1) is 11.6. The highest BCUT2D eigenvalue weighted by atomic mass is 32.2. The van der Waals surface area contributed by atoms with Crippen LogP contribution in [-0.4, -0.2) is 38.1 Å². The molecule has 0 saturated heterocycles. The smallest absolute Gasteiger partial charge is 0.266 e. The lowest BCUT2D eigenvalue weighted by Gasteiger charge is -2.08. The zero-order chi connectivity index (χ0) is 17.3. The van der Waals surface area contributed by atoms with E-state index in [2.05, 4.69) is 6.92 Å². The summed E-state index contributed by atoms with van der Waals surface area (Å²) < 4.78 is 30.1. The van der Waals surface area contributed by atoms with Crippen molar-refractivity contribution < 1.29 is 12.6 Å². The molecule has 0 aromatic heterocycles. The van der Waals surface area contributed by atoms with E-state index in [1.54, 1.807) is 12.1 Å². The van der Waals surface area contributed by atoms with Crippen molar-refractivity contribution in [3.05, 3.63) is 42.5 Å². The molecule has 0 atom stereocenters. The first-order valence-corrected chi connectivity index (χ1v) is 10.4. The minimum absolute atomic E-state index is 0. The highest BCUT2D eigenvalue weighted by Gasteiger charge is 2.17. The molecule has 0 aliphatic heterocycles. The summed E-state index contributed by atoms with van der Waals surface area (Å²) in [5.41, 5.74) is 0. The van der Waals surface area contributed by atoms with Crippen LogP contribution in [0.15, 0.2) is 47.4 Å². The monoisotopic (exact) mass is 374 g/mol. The molecule has 2 aromatic rings. The van der Waals surface area contributed by atoms with Gasteiger partial charge in [-0.2, -0.15) is 8.42 Å². The molecular weight excluding hydrogens is 345 g/mol. The van der Waals surface area contributed by atoms with Crippen LogP contribution in [0.2, 0.25) is 0 Å². The summed E-state index contributed by atoms with van der Waals surface area (Å²) in [4.78, 5) is 0.264. The number of unbranched alkanes of at least 4 members (excludes halogenated alkanes) is 7. The molecule has 0 spiro atoms. The van der Waals surface area contributed by atoms with Gasteiger partial charge in [0.25, 0.3) is 10.1 Å². The van der Waals surface area contributed by atoms with E-state index in [0.717, 1.165) is 30.0 Å². The van der Waals surface area contributed by atoms with E-state index in [-0.39, 0.29) is 34.6 Å². The van der Waals surface area contributed by atoms with Crippen LogP contribution in [0.5, 0.6) is 0 Å². The molecule has 0 radical (unpaired) electrons. The van der Waals surface area contributed by atoms with Crippen molar-refractivity contribution in [2.75, 3.05) is 6.61 Å². The number of benzene rings is 2. The lowest BCUT2D eigenvalue weighted by atomic mass is 10.1. The third kappa shape index (κ3) is 7.25. The van der Waals surface area contributed by atoms with Crippen molar-refractivity contribution >= 4 is 43.9 Å². The molecule has 5 heteroatoms. The summed E-state index contributed by atoms with van der Waals surface area (Å²) in [6.45, 7) is 2.48. The Kier molecular flexibility index (Phi) is 10.7. The Balaban J connectivity index is 0.00000312. The second-order valence-corrected chi connectivity index (χ2v) is 7.81. The van der Waals surface area contributed by atoms with E-state index < -0.39 is 10.1 Å². The Morgan fingerprint density at radius 2 is 1.40 bits per heavy atom. The molecule has 0 unspecified atom stereocenters. The Morgan fingerprint density at radius 1 is 0.800 bits per heavy atom. The molecule has 136 valence electrons. The van der Waals surface area contributed by atoms with Gasteiger partial charge in [0.15, 0.2) is 0 Å². The number of hydrogen-bond donors (Lipinski definition) is 0. The van der Waals surface area contributed by atoms with E-state index in [1.165, 1.54) is 32.1 Å². The molecule has 0 aliphatic carbocycles. The largest absolute Gasteiger partial charge is 0.316 e. The lowest BCUT2D eigenvalue weighted by molar-refractivity contribution is 0.306. The summed E-state index contributed by atoms with van der Waals surface area (Å²) in [6, 6.07) is 12.8. The average molecular weight is 375 g/mol. The Hall–Kier alpha value is -0.624. The standard InChI is InChI=1S/C20H28O3S.Mg.2H/c1-2-3-4-5-6-7-8-11-17-23-24(21,22)20-16-12-14-18-13-9-10-15-19(18)20;;;/h9-10,12-16H,2-8,11,17H2,1H3;;;. The summed E-state index contributed by atoms with van der Waals surface area (Å²) in [5, 5.41) is 1.63. The normalized spacial score (nSPS) is 11.4. The van der Waals surface area contributed by atoms with Gasteiger partial charge in [-0.1, -0.05) is 88.3 Å². The summed E-state index contributed by atoms with van der Waals surface area (Å²) in [7, 11) is -3.69. The van der Waals surface area contributed by atoms with Gasteiger partial charge < -0.3 is 0 Å². The first-order valence-electron chi connectivity index (χ1n) is 9.02. The summed E-state index contributed by atoms with van der Waals surface area (Å²) in [6.07, 6.45) is 9.37. The molecule has 0 heterocycles. The van der Waals surface area contributed by atoms with Crippen molar-refractivity contribution in [3.8, 4) is 0 Å². The van der Waals surface area contributed by atoms with Gasteiger partial charge in [-0.3, -0.25) is 4.18 Å².